The number of alkyl halides is 3. The second-order valence-electron chi connectivity index (χ2n) is 8.42. The lowest BCUT2D eigenvalue weighted by Crippen LogP contribution is -2.33. The van der Waals surface area contributed by atoms with E-state index >= 15 is 0 Å². The van der Waals surface area contributed by atoms with E-state index in [2.05, 4.69) is 20.6 Å². The van der Waals surface area contributed by atoms with Crippen molar-refractivity contribution in [1.29, 1.82) is 0 Å². The van der Waals surface area contributed by atoms with Gasteiger partial charge in [0.1, 0.15) is 5.82 Å². The van der Waals surface area contributed by atoms with Crippen LogP contribution < -0.4 is 16.4 Å². The quantitative estimate of drug-likeness (QED) is 0.316. The van der Waals surface area contributed by atoms with Crippen LogP contribution in [0.15, 0.2) is 55.0 Å². The molecule has 4 N–H and O–H groups in total. The number of benzene rings is 1. The van der Waals surface area contributed by atoms with E-state index in [9.17, 15) is 27.2 Å². The average Bonchev–Trinajstić information content (AvgIpc) is 3.59. The van der Waals surface area contributed by atoms with Crippen LogP contribution >= 0.6 is 0 Å². The Bertz CT molecular complexity index is 1260. The van der Waals surface area contributed by atoms with Crippen LogP contribution in [-0.2, 0) is 17.5 Å². The molecule has 7 nitrogen and oxygen atoms in total. The molecule has 0 bridgehead atoms. The molecular weight excluding hydrogens is 466 g/mol. The Hall–Kier alpha value is -4.02. The molecule has 1 aliphatic carbocycles. The summed E-state index contributed by atoms with van der Waals surface area (Å²) in [6.45, 7) is 0.0826. The first-order valence-corrected chi connectivity index (χ1v) is 10.7. The van der Waals surface area contributed by atoms with Crippen molar-refractivity contribution in [3.8, 4) is 0 Å². The third kappa shape index (κ3) is 5.73. The summed E-state index contributed by atoms with van der Waals surface area (Å²) < 4.78 is 52.8. The summed E-state index contributed by atoms with van der Waals surface area (Å²) in [5.41, 5.74) is 4.89. The molecule has 4 rings (SSSR count). The molecule has 0 saturated heterocycles. The second kappa shape index (κ2) is 9.32. The first-order valence-electron chi connectivity index (χ1n) is 10.7. The molecule has 1 amide bonds. The van der Waals surface area contributed by atoms with Crippen LogP contribution in [0.2, 0.25) is 0 Å². The van der Waals surface area contributed by atoms with Gasteiger partial charge in [-0.3, -0.25) is 19.6 Å². The van der Waals surface area contributed by atoms with Crippen molar-refractivity contribution in [2.75, 3.05) is 11.1 Å². The summed E-state index contributed by atoms with van der Waals surface area (Å²) in [4.78, 5) is 33.3. The number of ketones is 1. The summed E-state index contributed by atoms with van der Waals surface area (Å²) in [6.07, 6.45) is 0.625. The van der Waals surface area contributed by atoms with Crippen molar-refractivity contribution >= 4 is 28.8 Å². The van der Waals surface area contributed by atoms with Gasteiger partial charge in [-0.15, -0.1) is 0 Å². The minimum absolute atomic E-state index is 0.0411. The second-order valence-corrected chi connectivity index (χ2v) is 8.42. The van der Waals surface area contributed by atoms with Crippen molar-refractivity contribution in [3.63, 3.8) is 0 Å². The number of nitrogens with one attached hydrogen (secondary N) is 2. The number of anilines is 3. The number of nitrogen functional groups attached to an aromatic ring is 1. The van der Waals surface area contributed by atoms with Gasteiger partial charge in [0.15, 0.2) is 5.78 Å². The number of hydrogen-bond donors (Lipinski definition) is 3. The third-order valence-electron chi connectivity index (χ3n) is 5.74. The van der Waals surface area contributed by atoms with Gasteiger partial charge in [0.25, 0.3) is 0 Å². The molecule has 1 aliphatic rings. The summed E-state index contributed by atoms with van der Waals surface area (Å²) >= 11 is 0. The summed E-state index contributed by atoms with van der Waals surface area (Å²) in [7, 11) is 0. The van der Waals surface area contributed by atoms with Crippen molar-refractivity contribution < 1.29 is 27.2 Å². The van der Waals surface area contributed by atoms with Crippen LogP contribution in [0.25, 0.3) is 0 Å². The maximum atomic E-state index is 13.3. The largest absolute Gasteiger partial charge is 0.418 e. The maximum absolute atomic E-state index is 13.3. The van der Waals surface area contributed by atoms with Gasteiger partial charge < -0.3 is 16.4 Å². The number of rotatable bonds is 8. The fraction of sp³-hybridized carbons (Fsp3) is 0.250. The van der Waals surface area contributed by atoms with Crippen molar-refractivity contribution in [1.82, 2.24) is 15.3 Å². The fourth-order valence-corrected chi connectivity index (χ4v) is 3.63. The van der Waals surface area contributed by atoms with Gasteiger partial charge in [0.05, 0.1) is 46.5 Å². The zero-order valence-electron chi connectivity index (χ0n) is 18.3. The van der Waals surface area contributed by atoms with E-state index in [-0.39, 0.29) is 36.0 Å². The molecule has 2 heterocycles. The number of nitrogens with two attached hydrogens (primary N) is 1. The highest BCUT2D eigenvalue weighted by Gasteiger charge is 2.51. The molecule has 2 aromatic heterocycles. The lowest BCUT2D eigenvalue weighted by Gasteiger charge is -2.16. The minimum atomic E-state index is -4.73. The lowest BCUT2D eigenvalue weighted by molar-refractivity contribution is -0.137. The Morgan fingerprint density at radius 2 is 1.83 bits per heavy atom. The number of nitrogens with zero attached hydrogens (tertiary/aromatic N) is 2. The van der Waals surface area contributed by atoms with Gasteiger partial charge in [0, 0.05) is 24.4 Å². The van der Waals surface area contributed by atoms with Crippen LogP contribution in [-0.4, -0.2) is 21.7 Å². The molecule has 3 aromatic rings. The van der Waals surface area contributed by atoms with Crippen LogP contribution in [0, 0.1) is 11.2 Å². The first-order chi connectivity index (χ1) is 16.6. The number of amides is 1. The average molecular weight is 487 g/mol. The number of carbonyl (C=O) groups is 2. The zero-order chi connectivity index (χ0) is 25.2. The number of carbonyl (C=O) groups excluding carboxylic acids is 2. The van der Waals surface area contributed by atoms with E-state index in [1.807, 2.05) is 0 Å². The summed E-state index contributed by atoms with van der Waals surface area (Å²) in [5.74, 6) is -1.48. The SMILES string of the molecule is Nc1cncc(C(=O)CC2(C(=O)NCc3ccc(Nc4ccc(F)cc4C(F)(F)F)cn3)CC2)c1. The Balaban J connectivity index is 1.35. The predicted molar refractivity (Wildman–Crippen MR) is 120 cm³/mol. The molecule has 0 unspecified atom stereocenters. The van der Waals surface area contributed by atoms with Gasteiger partial charge in [-0.1, -0.05) is 0 Å². The Morgan fingerprint density at radius 1 is 1.06 bits per heavy atom. The molecule has 182 valence electrons. The van der Waals surface area contributed by atoms with Crippen LogP contribution in [0.3, 0.4) is 0 Å². The first kappa shape index (κ1) is 24.1. The molecule has 0 aliphatic heterocycles. The zero-order valence-corrected chi connectivity index (χ0v) is 18.3. The standard InChI is InChI=1S/C24H21F4N5O2/c25-15-1-4-20(19(8-15)24(26,27)28)33-18-3-2-17(31-13-18)12-32-22(35)23(5-6-23)9-21(34)14-7-16(29)11-30-10-14/h1-4,7-8,10-11,13,33H,5-6,9,12,29H2,(H,32,35). The topological polar surface area (TPSA) is 110 Å². The van der Waals surface area contributed by atoms with E-state index in [4.69, 9.17) is 5.73 Å². The number of aromatic nitrogens is 2. The normalized spacial score (nSPS) is 14.3. The maximum Gasteiger partial charge on any atom is 0.418 e. The van der Waals surface area contributed by atoms with E-state index in [0.717, 1.165) is 12.1 Å². The minimum Gasteiger partial charge on any atom is -0.397 e. The van der Waals surface area contributed by atoms with E-state index in [1.54, 1.807) is 6.07 Å². The van der Waals surface area contributed by atoms with Crippen LogP contribution in [0.1, 0.15) is 40.9 Å². The predicted octanol–water partition coefficient (Wildman–Crippen LogP) is 4.63. The molecule has 1 fully saturated rings. The monoisotopic (exact) mass is 487 g/mol. The van der Waals surface area contributed by atoms with E-state index in [1.165, 1.54) is 30.7 Å². The highest BCUT2D eigenvalue weighted by molar-refractivity contribution is 6.01. The molecular formula is C24H21F4N5O2. The van der Waals surface area contributed by atoms with E-state index < -0.39 is 23.0 Å². The van der Waals surface area contributed by atoms with Crippen LogP contribution in [0.5, 0.6) is 0 Å². The number of halogens is 4. The summed E-state index contributed by atoms with van der Waals surface area (Å²) in [5, 5.41) is 5.36. The molecule has 35 heavy (non-hydrogen) atoms. The van der Waals surface area contributed by atoms with Gasteiger partial charge >= 0.3 is 6.18 Å². The number of pyridine rings is 2. The summed E-state index contributed by atoms with van der Waals surface area (Å²) in [6, 6.07) is 6.91. The molecule has 0 radical (unpaired) electrons. The number of hydrogen-bond acceptors (Lipinski definition) is 6. The van der Waals surface area contributed by atoms with Gasteiger partial charge in [0.2, 0.25) is 5.91 Å². The van der Waals surface area contributed by atoms with Gasteiger partial charge in [-0.05, 0) is 49.2 Å². The fourth-order valence-electron chi connectivity index (χ4n) is 3.63. The molecule has 0 spiro atoms. The highest BCUT2D eigenvalue weighted by atomic mass is 19.4. The van der Waals surface area contributed by atoms with Crippen molar-refractivity contribution in [2.45, 2.75) is 32.0 Å². The van der Waals surface area contributed by atoms with Crippen molar-refractivity contribution in [3.05, 3.63) is 77.6 Å². The lowest BCUT2D eigenvalue weighted by atomic mass is 9.95. The Labute approximate surface area is 197 Å². The van der Waals surface area contributed by atoms with Crippen molar-refractivity contribution in [2.24, 2.45) is 5.41 Å². The van der Waals surface area contributed by atoms with Crippen LogP contribution in [0.4, 0.5) is 34.6 Å². The molecule has 11 heteroatoms. The molecule has 1 saturated carbocycles. The number of Topliss-reactive ketones (excluding diaryl/α,β-unsaturated/α-hetero) is 1. The van der Waals surface area contributed by atoms with Gasteiger partial charge in [-0.25, -0.2) is 4.39 Å². The highest BCUT2D eigenvalue weighted by Crippen LogP contribution is 2.49. The third-order valence-corrected chi connectivity index (χ3v) is 5.74. The molecule has 1 aromatic carbocycles. The molecule has 0 atom stereocenters. The Morgan fingerprint density at radius 3 is 2.46 bits per heavy atom. The Kier molecular flexibility index (Phi) is 6.42. The van der Waals surface area contributed by atoms with E-state index in [0.29, 0.717) is 35.9 Å². The van der Waals surface area contributed by atoms with Gasteiger partial charge in [-0.2, -0.15) is 13.2 Å². The smallest absolute Gasteiger partial charge is 0.397 e.